The summed E-state index contributed by atoms with van der Waals surface area (Å²) in [5.74, 6) is 1.87. The Labute approximate surface area is 143 Å². The third-order valence-corrected chi connectivity index (χ3v) is 3.98. The SMILES string of the molecule is Oc1ccc(CNc2ccc(Oc3ccccc3)cc2)cc1Br. The predicted octanol–water partition coefficient (Wildman–Crippen LogP) is 5.56. The molecule has 23 heavy (non-hydrogen) atoms. The smallest absolute Gasteiger partial charge is 0.129 e. The zero-order valence-electron chi connectivity index (χ0n) is 12.4. The zero-order valence-corrected chi connectivity index (χ0v) is 14.0. The standard InChI is InChI=1S/C19H16BrNO2/c20-18-12-14(6-11-19(18)22)13-21-15-7-9-17(10-8-15)23-16-4-2-1-3-5-16/h1-12,21-22H,13H2. The molecule has 0 saturated carbocycles. The topological polar surface area (TPSA) is 41.5 Å². The van der Waals surface area contributed by atoms with Crippen LogP contribution in [0.2, 0.25) is 0 Å². The van der Waals surface area contributed by atoms with Crippen molar-refractivity contribution in [3.63, 3.8) is 0 Å². The van der Waals surface area contributed by atoms with Gasteiger partial charge in [0.15, 0.2) is 0 Å². The van der Waals surface area contributed by atoms with E-state index < -0.39 is 0 Å². The van der Waals surface area contributed by atoms with E-state index in [2.05, 4.69) is 21.2 Å². The molecule has 0 amide bonds. The van der Waals surface area contributed by atoms with E-state index in [1.807, 2.05) is 66.7 Å². The van der Waals surface area contributed by atoms with Crippen LogP contribution in [0.3, 0.4) is 0 Å². The summed E-state index contributed by atoms with van der Waals surface area (Å²) >= 11 is 3.32. The molecule has 0 spiro atoms. The molecule has 0 fully saturated rings. The highest BCUT2D eigenvalue weighted by atomic mass is 79.9. The summed E-state index contributed by atoms with van der Waals surface area (Å²) in [7, 11) is 0. The second-order valence-corrected chi connectivity index (χ2v) is 5.93. The second-order valence-electron chi connectivity index (χ2n) is 5.08. The highest BCUT2D eigenvalue weighted by Gasteiger charge is 2.01. The summed E-state index contributed by atoms with van der Waals surface area (Å²) in [6.07, 6.45) is 0. The molecule has 0 atom stereocenters. The molecule has 116 valence electrons. The van der Waals surface area contributed by atoms with Crippen molar-refractivity contribution in [2.45, 2.75) is 6.54 Å². The molecular formula is C19H16BrNO2. The largest absolute Gasteiger partial charge is 0.507 e. The lowest BCUT2D eigenvalue weighted by molar-refractivity contribution is 0.471. The summed E-state index contributed by atoms with van der Waals surface area (Å²) in [4.78, 5) is 0. The van der Waals surface area contributed by atoms with Gasteiger partial charge in [0.25, 0.3) is 0 Å². The van der Waals surface area contributed by atoms with Crippen molar-refractivity contribution in [3.05, 3.63) is 82.8 Å². The van der Waals surface area contributed by atoms with E-state index in [1.165, 1.54) is 0 Å². The van der Waals surface area contributed by atoms with Crippen LogP contribution >= 0.6 is 15.9 Å². The van der Waals surface area contributed by atoms with Gasteiger partial charge in [0, 0.05) is 12.2 Å². The number of phenols is 1. The Kier molecular flexibility index (Phi) is 4.83. The predicted molar refractivity (Wildman–Crippen MR) is 96.1 cm³/mol. The first-order valence-corrected chi connectivity index (χ1v) is 8.04. The summed E-state index contributed by atoms with van der Waals surface area (Å²) in [6.45, 7) is 0.678. The molecule has 0 bridgehead atoms. The van der Waals surface area contributed by atoms with Crippen LogP contribution in [-0.4, -0.2) is 5.11 Å². The third-order valence-electron chi connectivity index (χ3n) is 3.34. The van der Waals surface area contributed by atoms with Crippen molar-refractivity contribution in [1.82, 2.24) is 0 Å². The first-order chi connectivity index (χ1) is 11.2. The van der Waals surface area contributed by atoms with Crippen molar-refractivity contribution in [2.24, 2.45) is 0 Å². The van der Waals surface area contributed by atoms with Crippen molar-refractivity contribution in [1.29, 1.82) is 0 Å². The van der Waals surface area contributed by atoms with Crippen molar-refractivity contribution in [3.8, 4) is 17.2 Å². The van der Waals surface area contributed by atoms with Crippen LogP contribution in [0.4, 0.5) is 5.69 Å². The van der Waals surface area contributed by atoms with Gasteiger partial charge in [-0.05, 0) is 70.0 Å². The van der Waals surface area contributed by atoms with E-state index in [1.54, 1.807) is 6.07 Å². The van der Waals surface area contributed by atoms with E-state index >= 15 is 0 Å². The maximum atomic E-state index is 9.50. The Balaban J connectivity index is 1.60. The normalized spacial score (nSPS) is 10.3. The molecule has 3 rings (SSSR count). The summed E-state index contributed by atoms with van der Waals surface area (Å²) in [6, 6.07) is 23.0. The lowest BCUT2D eigenvalue weighted by Crippen LogP contribution is -1.99. The third kappa shape index (κ3) is 4.27. The second kappa shape index (κ2) is 7.20. The number of rotatable bonds is 5. The van der Waals surface area contributed by atoms with Gasteiger partial charge in [-0.3, -0.25) is 0 Å². The molecule has 4 heteroatoms. The summed E-state index contributed by atoms with van der Waals surface area (Å²) < 4.78 is 6.46. The first-order valence-electron chi connectivity index (χ1n) is 7.25. The molecule has 0 saturated heterocycles. The minimum atomic E-state index is 0.246. The van der Waals surface area contributed by atoms with Crippen molar-refractivity contribution in [2.75, 3.05) is 5.32 Å². The Morgan fingerprint density at radius 2 is 1.57 bits per heavy atom. The van der Waals surface area contributed by atoms with Crippen LogP contribution in [0.25, 0.3) is 0 Å². The van der Waals surface area contributed by atoms with Crippen LogP contribution in [0, 0.1) is 0 Å². The van der Waals surface area contributed by atoms with Gasteiger partial charge >= 0.3 is 0 Å². The number of nitrogens with one attached hydrogen (secondary N) is 1. The fourth-order valence-corrected chi connectivity index (χ4v) is 2.56. The number of para-hydroxylation sites is 1. The number of halogens is 1. The van der Waals surface area contributed by atoms with Gasteiger partial charge in [-0.15, -0.1) is 0 Å². The van der Waals surface area contributed by atoms with Gasteiger partial charge < -0.3 is 15.2 Å². The molecule has 0 heterocycles. The Morgan fingerprint density at radius 1 is 0.870 bits per heavy atom. The van der Waals surface area contributed by atoms with Crippen LogP contribution in [0.5, 0.6) is 17.2 Å². The zero-order chi connectivity index (χ0) is 16.1. The van der Waals surface area contributed by atoms with Gasteiger partial charge in [0.2, 0.25) is 0 Å². The van der Waals surface area contributed by atoms with Crippen LogP contribution < -0.4 is 10.1 Å². The molecule has 0 aliphatic heterocycles. The van der Waals surface area contributed by atoms with E-state index in [0.717, 1.165) is 22.7 Å². The van der Waals surface area contributed by atoms with Crippen LogP contribution in [0.15, 0.2) is 77.3 Å². The lowest BCUT2D eigenvalue weighted by Gasteiger charge is -2.09. The van der Waals surface area contributed by atoms with E-state index in [-0.39, 0.29) is 5.75 Å². The molecule has 0 aliphatic rings. The molecular weight excluding hydrogens is 354 g/mol. The fraction of sp³-hybridized carbons (Fsp3) is 0.0526. The molecule has 0 aliphatic carbocycles. The highest BCUT2D eigenvalue weighted by molar-refractivity contribution is 9.10. The number of hydrogen-bond acceptors (Lipinski definition) is 3. The molecule has 3 nitrogen and oxygen atoms in total. The minimum absolute atomic E-state index is 0.246. The average molecular weight is 370 g/mol. The molecule has 0 radical (unpaired) electrons. The van der Waals surface area contributed by atoms with Gasteiger partial charge in [0.05, 0.1) is 4.47 Å². The van der Waals surface area contributed by atoms with Crippen molar-refractivity contribution < 1.29 is 9.84 Å². The van der Waals surface area contributed by atoms with Gasteiger partial charge in [-0.25, -0.2) is 0 Å². The van der Waals surface area contributed by atoms with Gasteiger partial charge in [-0.1, -0.05) is 24.3 Å². The summed E-state index contributed by atoms with van der Waals surface area (Å²) in [5.41, 5.74) is 2.09. The van der Waals surface area contributed by atoms with E-state index in [9.17, 15) is 5.11 Å². The lowest BCUT2D eigenvalue weighted by atomic mass is 10.2. The highest BCUT2D eigenvalue weighted by Crippen LogP contribution is 2.25. The number of hydrogen-bond donors (Lipinski definition) is 2. The molecule has 0 unspecified atom stereocenters. The number of benzene rings is 3. The molecule has 2 N–H and O–H groups in total. The molecule has 3 aromatic carbocycles. The Morgan fingerprint density at radius 3 is 2.26 bits per heavy atom. The average Bonchev–Trinajstić information content (AvgIpc) is 2.58. The molecule has 3 aromatic rings. The molecule has 0 aromatic heterocycles. The van der Waals surface area contributed by atoms with Crippen LogP contribution in [-0.2, 0) is 6.54 Å². The maximum Gasteiger partial charge on any atom is 0.129 e. The number of phenolic OH excluding ortho intramolecular Hbond substituents is 1. The monoisotopic (exact) mass is 369 g/mol. The quantitative estimate of drug-likeness (QED) is 0.618. The number of ether oxygens (including phenoxy) is 1. The summed E-state index contributed by atoms with van der Waals surface area (Å²) in [5, 5.41) is 12.8. The van der Waals surface area contributed by atoms with E-state index in [4.69, 9.17) is 4.74 Å². The number of anilines is 1. The van der Waals surface area contributed by atoms with Crippen LogP contribution in [0.1, 0.15) is 5.56 Å². The van der Waals surface area contributed by atoms with Gasteiger partial charge in [-0.2, -0.15) is 0 Å². The fourth-order valence-electron chi connectivity index (χ4n) is 2.13. The Bertz CT molecular complexity index is 773. The Hall–Kier alpha value is -2.46. The van der Waals surface area contributed by atoms with Crippen molar-refractivity contribution >= 4 is 21.6 Å². The van der Waals surface area contributed by atoms with Gasteiger partial charge in [0.1, 0.15) is 17.2 Å². The minimum Gasteiger partial charge on any atom is -0.507 e. The first kappa shape index (κ1) is 15.4. The van der Waals surface area contributed by atoms with E-state index in [0.29, 0.717) is 11.0 Å². The number of aromatic hydroxyl groups is 1. The maximum absolute atomic E-state index is 9.50.